The number of aromatic amines is 1. The van der Waals surface area contributed by atoms with Crippen LogP contribution in [0.3, 0.4) is 0 Å². The SMILES string of the molecule is CC(C(=O)c1c[nH]c2ccccc12)N1CCN(c2nn3cc(-c4ccc(F)cc4)nc3s2)CC1. The Morgan fingerprint density at radius 2 is 1.85 bits per heavy atom. The van der Waals surface area contributed by atoms with Gasteiger partial charge in [0.2, 0.25) is 10.1 Å². The number of fused-ring (bicyclic) bond motifs is 2. The fourth-order valence-electron chi connectivity index (χ4n) is 4.54. The van der Waals surface area contributed by atoms with Gasteiger partial charge >= 0.3 is 0 Å². The second kappa shape index (κ2) is 8.34. The van der Waals surface area contributed by atoms with E-state index in [2.05, 4.69) is 19.8 Å². The summed E-state index contributed by atoms with van der Waals surface area (Å²) in [6.45, 7) is 5.17. The lowest BCUT2D eigenvalue weighted by Gasteiger charge is -2.37. The molecule has 0 aliphatic carbocycles. The molecule has 0 bridgehead atoms. The summed E-state index contributed by atoms with van der Waals surface area (Å²) in [6, 6.07) is 14.0. The second-order valence-electron chi connectivity index (χ2n) is 8.56. The second-order valence-corrected chi connectivity index (χ2v) is 9.49. The van der Waals surface area contributed by atoms with Gasteiger partial charge in [-0.3, -0.25) is 9.69 Å². The van der Waals surface area contributed by atoms with Crippen molar-refractivity contribution >= 4 is 38.1 Å². The Morgan fingerprint density at radius 1 is 1.09 bits per heavy atom. The molecule has 1 unspecified atom stereocenters. The normalized spacial score (nSPS) is 15.9. The number of H-pyrrole nitrogens is 1. The summed E-state index contributed by atoms with van der Waals surface area (Å²) in [4.78, 5) is 26.4. The molecular weight excluding hydrogens is 451 g/mol. The maximum absolute atomic E-state index is 13.2. The minimum atomic E-state index is -0.262. The summed E-state index contributed by atoms with van der Waals surface area (Å²) in [5.74, 6) is -0.117. The van der Waals surface area contributed by atoms with Crippen molar-refractivity contribution in [3.05, 3.63) is 72.3 Å². The van der Waals surface area contributed by atoms with E-state index in [1.54, 1.807) is 28.0 Å². The highest BCUT2D eigenvalue weighted by atomic mass is 32.1. The lowest BCUT2D eigenvalue weighted by Crippen LogP contribution is -2.51. The minimum absolute atomic E-state index is 0.145. The van der Waals surface area contributed by atoms with Crippen molar-refractivity contribution in [3.63, 3.8) is 0 Å². The Bertz CT molecular complexity index is 1450. The van der Waals surface area contributed by atoms with Crippen molar-refractivity contribution in [2.75, 3.05) is 31.1 Å². The molecule has 0 amide bonds. The number of para-hydroxylation sites is 1. The van der Waals surface area contributed by atoms with Crippen molar-refractivity contribution in [1.82, 2.24) is 24.5 Å². The van der Waals surface area contributed by atoms with Crippen molar-refractivity contribution in [3.8, 4) is 11.3 Å². The molecule has 7 nitrogen and oxygen atoms in total. The molecular formula is C25H23FN6OS. The number of Topliss-reactive ketones (excluding diaryl/α,β-unsaturated/α-hetero) is 1. The standard InChI is InChI=1S/C25H23FN6OS/c1-16(23(33)20-14-27-21-5-3-2-4-19(20)21)30-10-12-31(13-11-30)25-29-32-15-22(28-24(32)34-25)17-6-8-18(26)9-7-17/h2-9,14-16,27H,10-13H2,1H3. The molecule has 34 heavy (non-hydrogen) atoms. The predicted molar refractivity (Wildman–Crippen MR) is 132 cm³/mol. The van der Waals surface area contributed by atoms with Gasteiger partial charge in [-0.2, -0.15) is 0 Å². The van der Waals surface area contributed by atoms with Gasteiger partial charge in [0.1, 0.15) is 5.82 Å². The maximum Gasteiger partial charge on any atom is 0.214 e. The van der Waals surface area contributed by atoms with Gasteiger partial charge in [-0.1, -0.05) is 29.5 Å². The molecule has 1 saturated heterocycles. The summed E-state index contributed by atoms with van der Waals surface area (Å²) in [6.07, 6.45) is 3.70. The summed E-state index contributed by atoms with van der Waals surface area (Å²) in [5, 5.41) is 6.61. The molecule has 0 saturated carbocycles. The Kier molecular flexibility index (Phi) is 5.15. The molecule has 0 spiro atoms. The number of nitrogens with one attached hydrogen (secondary N) is 1. The van der Waals surface area contributed by atoms with E-state index in [0.29, 0.717) is 0 Å². The molecule has 1 fully saturated rings. The van der Waals surface area contributed by atoms with Crippen molar-refractivity contribution in [1.29, 1.82) is 0 Å². The van der Waals surface area contributed by atoms with Crippen LogP contribution < -0.4 is 4.90 Å². The van der Waals surface area contributed by atoms with Crippen LogP contribution in [0.5, 0.6) is 0 Å². The van der Waals surface area contributed by atoms with Gasteiger partial charge in [-0.15, -0.1) is 5.10 Å². The molecule has 172 valence electrons. The number of hydrogen-bond donors (Lipinski definition) is 1. The van der Waals surface area contributed by atoms with E-state index in [1.165, 1.54) is 12.1 Å². The molecule has 6 rings (SSSR count). The van der Waals surface area contributed by atoms with Crippen molar-refractivity contribution < 1.29 is 9.18 Å². The van der Waals surface area contributed by atoms with Crippen LogP contribution in [0, 0.1) is 5.82 Å². The molecule has 4 heterocycles. The van der Waals surface area contributed by atoms with Crippen LogP contribution in [0.2, 0.25) is 0 Å². The average molecular weight is 475 g/mol. The Morgan fingerprint density at radius 3 is 2.62 bits per heavy atom. The fraction of sp³-hybridized carbons (Fsp3) is 0.240. The van der Waals surface area contributed by atoms with E-state index in [1.807, 2.05) is 43.6 Å². The first-order valence-corrected chi connectivity index (χ1v) is 12.1. The highest BCUT2D eigenvalue weighted by molar-refractivity contribution is 7.20. The van der Waals surface area contributed by atoms with Gasteiger partial charge in [0.05, 0.1) is 17.9 Å². The largest absolute Gasteiger partial charge is 0.360 e. The molecule has 2 aromatic carbocycles. The number of carbonyl (C=O) groups is 1. The topological polar surface area (TPSA) is 69.5 Å². The van der Waals surface area contributed by atoms with E-state index in [0.717, 1.165) is 64.0 Å². The van der Waals surface area contributed by atoms with Gasteiger partial charge in [-0.05, 0) is 37.3 Å². The molecule has 1 aliphatic rings. The first-order valence-electron chi connectivity index (χ1n) is 11.3. The van der Waals surface area contributed by atoms with Crippen molar-refractivity contribution in [2.24, 2.45) is 0 Å². The molecule has 1 aliphatic heterocycles. The molecule has 5 aromatic rings. The quantitative estimate of drug-likeness (QED) is 0.381. The number of nitrogens with zero attached hydrogens (tertiary/aromatic N) is 5. The number of halogens is 1. The molecule has 3 aromatic heterocycles. The molecule has 1 N–H and O–H groups in total. The summed E-state index contributed by atoms with van der Waals surface area (Å²) < 4.78 is 15.0. The predicted octanol–water partition coefficient (Wildman–Crippen LogP) is 4.47. The Labute approximate surface area is 199 Å². The fourth-order valence-corrected chi connectivity index (χ4v) is 5.48. The van der Waals surface area contributed by atoms with E-state index in [-0.39, 0.29) is 17.6 Å². The third-order valence-electron chi connectivity index (χ3n) is 6.54. The number of piperazine rings is 1. The zero-order valence-electron chi connectivity index (χ0n) is 18.6. The van der Waals surface area contributed by atoms with Gasteiger partial charge in [-0.25, -0.2) is 13.9 Å². The number of carbonyl (C=O) groups excluding carboxylic acids is 1. The van der Waals surface area contributed by atoms with Crippen LogP contribution in [0.15, 0.2) is 60.9 Å². The first kappa shape index (κ1) is 21.0. The van der Waals surface area contributed by atoms with E-state index in [4.69, 9.17) is 5.10 Å². The number of aromatic nitrogens is 4. The van der Waals surface area contributed by atoms with Crippen LogP contribution in [0.1, 0.15) is 17.3 Å². The lowest BCUT2D eigenvalue weighted by atomic mass is 10.0. The molecule has 0 radical (unpaired) electrons. The van der Waals surface area contributed by atoms with Crippen LogP contribution in [-0.4, -0.2) is 62.5 Å². The molecule has 9 heteroatoms. The van der Waals surface area contributed by atoms with Gasteiger partial charge in [0.25, 0.3) is 0 Å². The zero-order chi connectivity index (χ0) is 23.2. The Hall–Kier alpha value is -3.56. The minimum Gasteiger partial charge on any atom is -0.360 e. The number of rotatable bonds is 5. The monoisotopic (exact) mass is 474 g/mol. The highest BCUT2D eigenvalue weighted by Crippen LogP contribution is 2.28. The molecule has 1 atom stereocenters. The number of imidazole rings is 1. The van der Waals surface area contributed by atoms with E-state index in [9.17, 15) is 9.18 Å². The van der Waals surface area contributed by atoms with Crippen LogP contribution in [0.25, 0.3) is 27.1 Å². The van der Waals surface area contributed by atoms with Crippen LogP contribution >= 0.6 is 11.3 Å². The summed E-state index contributed by atoms with van der Waals surface area (Å²) >= 11 is 1.54. The third kappa shape index (κ3) is 3.66. The number of ketones is 1. The van der Waals surface area contributed by atoms with Crippen LogP contribution in [-0.2, 0) is 0 Å². The third-order valence-corrected chi connectivity index (χ3v) is 7.52. The number of benzene rings is 2. The zero-order valence-corrected chi connectivity index (χ0v) is 19.4. The van der Waals surface area contributed by atoms with Crippen LogP contribution in [0.4, 0.5) is 9.52 Å². The van der Waals surface area contributed by atoms with E-state index < -0.39 is 0 Å². The van der Waals surface area contributed by atoms with Gasteiger partial charge in [0.15, 0.2) is 5.78 Å². The Balaban J connectivity index is 1.13. The van der Waals surface area contributed by atoms with Crippen molar-refractivity contribution in [2.45, 2.75) is 13.0 Å². The van der Waals surface area contributed by atoms with E-state index >= 15 is 0 Å². The van der Waals surface area contributed by atoms with Gasteiger partial charge in [0, 0.05) is 54.4 Å². The first-order chi connectivity index (χ1) is 16.6. The highest BCUT2D eigenvalue weighted by Gasteiger charge is 2.28. The lowest BCUT2D eigenvalue weighted by molar-refractivity contribution is 0.0831. The average Bonchev–Trinajstić information content (AvgIpc) is 3.57. The summed E-state index contributed by atoms with van der Waals surface area (Å²) in [5.41, 5.74) is 3.38. The summed E-state index contributed by atoms with van der Waals surface area (Å²) in [7, 11) is 0. The van der Waals surface area contributed by atoms with Gasteiger partial charge < -0.3 is 9.88 Å². The number of hydrogen-bond acceptors (Lipinski definition) is 6. The smallest absolute Gasteiger partial charge is 0.214 e. The maximum atomic E-state index is 13.2. The number of anilines is 1.